The third kappa shape index (κ3) is 6.60. The van der Waals surface area contributed by atoms with Crippen molar-refractivity contribution < 1.29 is 23.4 Å². The Hall–Kier alpha value is -4.12. The highest BCUT2D eigenvalue weighted by Gasteiger charge is 2.33. The Morgan fingerprint density at radius 3 is 2.08 bits per heavy atom. The second kappa shape index (κ2) is 10.7. The number of aromatic nitrogens is 1. The Balaban J connectivity index is 1.31. The van der Waals surface area contributed by atoms with E-state index >= 15 is 0 Å². The normalized spacial score (nSPS) is 17.1. The number of amides is 1. The van der Waals surface area contributed by atoms with E-state index in [-0.39, 0.29) is 29.1 Å². The first-order valence-electron chi connectivity index (χ1n) is 12.5. The van der Waals surface area contributed by atoms with Crippen LogP contribution in [0.3, 0.4) is 0 Å². The van der Waals surface area contributed by atoms with Crippen LogP contribution in [0.25, 0.3) is 4.85 Å². The van der Waals surface area contributed by atoms with Gasteiger partial charge in [-0.05, 0) is 56.2 Å². The molecule has 38 heavy (non-hydrogen) atoms. The molecule has 0 spiro atoms. The fourth-order valence-electron chi connectivity index (χ4n) is 4.19. The molecule has 0 saturated heterocycles. The lowest BCUT2D eigenvalue weighted by molar-refractivity contribution is 0.0363. The Bertz CT molecular complexity index is 1320. The van der Waals surface area contributed by atoms with Crippen LogP contribution in [0.1, 0.15) is 58.6 Å². The van der Waals surface area contributed by atoms with Gasteiger partial charge < -0.3 is 24.4 Å². The molecule has 198 valence electrons. The van der Waals surface area contributed by atoms with E-state index in [0.29, 0.717) is 5.75 Å². The number of rotatable bonds is 7. The number of benzene rings is 2. The zero-order chi connectivity index (χ0) is 27.5. The number of alkyl carbamates (subject to hydrolysis) is 1. The highest BCUT2D eigenvalue weighted by atomic mass is 19.1. The van der Waals surface area contributed by atoms with Crippen LogP contribution in [-0.2, 0) is 10.2 Å². The number of pyridine rings is 1. The maximum atomic E-state index is 13.8. The number of ether oxygens (including phenoxy) is 3. The minimum Gasteiger partial charge on any atom is -0.490 e. The lowest BCUT2D eigenvalue weighted by Gasteiger charge is -2.36. The molecular formula is C30H32FN3O4. The van der Waals surface area contributed by atoms with Crippen molar-refractivity contribution in [3.8, 4) is 17.2 Å². The Morgan fingerprint density at radius 1 is 0.974 bits per heavy atom. The van der Waals surface area contributed by atoms with Crippen LogP contribution in [0.4, 0.5) is 15.0 Å². The van der Waals surface area contributed by atoms with Gasteiger partial charge in [-0.3, -0.25) is 0 Å². The maximum Gasteiger partial charge on any atom is 0.407 e. The fourth-order valence-corrected chi connectivity index (χ4v) is 4.19. The number of halogens is 1. The van der Waals surface area contributed by atoms with E-state index in [1.165, 1.54) is 6.20 Å². The van der Waals surface area contributed by atoms with Gasteiger partial charge in [-0.25, -0.2) is 9.18 Å². The fraction of sp³-hybridized carbons (Fsp3) is 0.367. The maximum absolute atomic E-state index is 13.8. The van der Waals surface area contributed by atoms with Gasteiger partial charge in [0.1, 0.15) is 23.2 Å². The Morgan fingerprint density at radius 2 is 1.55 bits per heavy atom. The summed E-state index contributed by atoms with van der Waals surface area (Å²) in [6.07, 6.45) is 2.48. The number of nitrogens with zero attached hydrogens (tertiary/aromatic N) is 2. The summed E-state index contributed by atoms with van der Waals surface area (Å²) in [6.45, 7) is 16.7. The standard InChI is InChI=1S/C30H32FN3O4/c1-29(2,3)38-28(35)34-21-15-24(16-21)36-22-11-7-19(8-12-22)30(4,5)20-9-13-23(14-10-20)37-25-17-26(31)27(32-6)33-18-25/h7-14,17-18,21,24H,15-16H2,1-5H3,(H,34,35). The molecular weight excluding hydrogens is 485 g/mol. The van der Waals surface area contributed by atoms with Crippen LogP contribution in [0.15, 0.2) is 60.8 Å². The SMILES string of the molecule is [C-]#[N+]c1ncc(Oc2ccc(C(C)(C)c3ccc(OC4CC(NC(=O)OC(C)(C)C)C4)cc3)cc2)cc1F. The molecule has 0 radical (unpaired) electrons. The van der Waals surface area contributed by atoms with Gasteiger partial charge >= 0.3 is 11.9 Å². The molecule has 7 nitrogen and oxygen atoms in total. The first-order valence-corrected chi connectivity index (χ1v) is 12.5. The van der Waals surface area contributed by atoms with Crippen molar-refractivity contribution in [2.45, 2.75) is 70.6 Å². The zero-order valence-electron chi connectivity index (χ0n) is 22.2. The largest absolute Gasteiger partial charge is 0.490 e. The minimum absolute atomic E-state index is 0.0580. The topological polar surface area (TPSA) is 74.0 Å². The highest BCUT2D eigenvalue weighted by molar-refractivity contribution is 5.68. The van der Waals surface area contributed by atoms with Crippen LogP contribution < -0.4 is 14.8 Å². The second-order valence-corrected chi connectivity index (χ2v) is 10.9. The zero-order valence-corrected chi connectivity index (χ0v) is 22.2. The van der Waals surface area contributed by atoms with Crippen LogP contribution in [0.5, 0.6) is 17.2 Å². The van der Waals surface area contributed by atoms with E-state index in [9.17, 15) is 9.18 Å². The van der Waals surface area contributed by atoms with Crippen molar-refractivity contribution in [2.24, 2.45) is 0 Å². The van der Waals surface area contributed by atoms with Crippen LogP contribution in [0, 0.1) is 12.4 Å². The summed E-state index contributed by atoms with van der Waals surface area (Å²) in [6, 6.07) is 16.9. The molecule has 1 saturated carbocycles. The molecule has 0 unspecified atom stereocenters. The van der Waals surface area contributed by atoms with E-state index in [1.807, 2.05) is 57.2 Å². The number of nitrogens with one attached hydrogen (secondary N) is 1. The number of carbonyl (C=O) groups is 1. The first-order chi connectivity index (χ1) is 17.9. The molecule has 1 aliphatic rings. The van der Waals surface area contributed by atoms with Crippen molar-refractivity contribution in [1.82, 2.24) is 10.3 Å². The second-order valence-electron chi connectivity index (χ2n) is 10.9. The molecule has 4 rings (SSSR count). The van der Waals surface area contributed by atoms with Crippen LogP contribution >= 0.6 is 0 Å². The van der Waals surface area contributed by atoms with Crippen molar-refractivity contribution in [2.75, 3.05) is 0 Å². The molecule has 1 N–H and O–H groups in total. The Kier molecular flexibility index (Phi) is 7.58. The van der Waals surface area contributed by atoms with E-state index in [2.05, 4.69) is 41.1 Å². The summed E-state index contributed by atoms with van der Waals surface area (Å²) in [5, 5.41) is 2.88. The summed E-state index contributed by atoms with van der Waals surface area (Å²) >= 11 is 0. The van der Waals surface area contributed by atoms with Crippen molar-refractivity contribution in [3.05, 3.63) is 89.2 Å². The predicted molar refractivity (Wildman–Crippen MR) is 142 cm³/mol. The molecule has 1 heterocycles. The van der Waals surface area contributed by atoms with Gasteiger partial charge in [0.25, 0.3) is 0 Å². The minimum atomic E-state index is -0.711. The molecule has 1 amide bonds. The lowest BCUT2D eigenvalue weighted by Crippen LogP contribution is -2.50. The Labute approximate surface area is 222 Å². The highest BCUT2D eigenvalue weighted by Crippen LogP contribution is 2.35. The summed E-state index contributed by atoms with van der Waals surface area (Å²) in [4.78, 5) is 18.7. The van der Waals surface area contributed by atoms with E-state index in [4.69, 9.17) is 20.8 Å². The summed E-state index contributed by atoms with van der Waals surface area (Å²) in [5.74, 6) is 0.579. The van der Waals surface area contributed by atoms with Gasteiger partial charge in [0.2, 0.25) is 0 Å². The quantitative estimate of drug-likeness (QED) is 0.332. The van der Waals surface area contributed by atoms with E-state index in [0.717, 1.165) is 35.8 Å². The number of hydrogen-bond acceptors (Lipinski definition) is 5. The molecule has 3 aromatic rings. The van der Waals surface area contributed by atoms with E-state index < -0.39 is 17.5 Å². The molecule has 1 aromatic heterocycles. The molecule has 0 atom stereocenters. The lowest BCUT2D eigenvalue weighted by atomic mass is 9.78. The van der Waals surface area contributed by atoms with Gasteiger partial charge in [-0.1, -0.05) is 44.7 Å². The van der Waals surface area contributed by atoms with E-state index in [1.54, 1.807) is 0 Å². The molecule has 1 fully saturated rings. The monoisotopic (exact) mass is 517 g/mol. The summed E-state index contributed by atoms with van der Waals surface area (Å²) < 4.78 is 30.9. The third-order valence-corrected chi connectivity index (χ3v) is 6.41. The van der Waals surface area contributed by atoms with Gasteiger partial charge in [0.15, 0.2) is 17.8 Å². The van der Waals surface area contributed by atoms with Gasteiger partial charge in [-0.15, -0.1) is 4.98 Å². The average Bonchev–Trinajstić information content (AvgIpc) is 2.82. The van der Waals surface area contributed by atoms with Crippen LogP contribution in [0.2, 0.25) is 0 Å². The smallest absolute Gasteiger partial charge is 0.407 e. The third-order valence-electron chi connectivity index (χ3n) is 6.41. The van der Waals surface area contributed by atoms with Gasteiger partial charge in [0, 0.05) is 30.4 Å². The number of carbonyl (C=O) groups excluding carboxylic acids is 1. The number of hydrogen-bond donors (Lipinski definition) is 1. The molecule has 0 aliphatic heterocycles. The first kappa shape index (κ1) is 26.9. The van der Waals surface area contributed by atoms with Gasteiger partial charge in [0.05, 0.1) is 0 Å². The molecule has 8 heteroatoms. The van der Waals surface area contributed by atoms with Crippen molar-refractivity contribution >= 4 is 11.9 Å². The predicted octanol–water partition coefficient (Wildman–Crippen LogP) is 7.32. The molecule has 0 bridgehead atoms. The van der Waals surface area contributed by atoms with Crippen LogP contribution in [-0.4, -0.2) is 28.8 Å². The van der Waals surface area contributed by atoms with Gasteiger partial charge in [-0.2, -0.15) is 0 Å². The molecule has 1 aliphatic carbocycles. The summed E-state index contributed by atoms with van der Waals surface area (Å²) in [5.41, 5.74) is 1.42. The van der Waals surface area contributed by atoms with Crippen molar-refractivity contribution in [1.29, 1.82) is 0 Å². The van der Waals surface area contributed by atoms with Crippen molar-refractivity contribution in [3.63, 3.8) is 0 Å². The average molecular weight is 518 g/mol. The molecule has 2 aromatic carbocycles. The summed E-state index contributed by atoms with van der Waals surface area (Å²) in [7, 11) is 0.